The lowest BCUT2D eigenvalue weighted by Gasteiger charge is -2.05. The average molecular weight is 443 g/mol. The largest absolute Gasteiger partial charge is 0.198 e. The highest BCUT2D eigenvalue weighted by Crippen LogP contribution is 2.17. The Morgan fingerprint density at radius 2 is 0.625 bits per heavy atom. The molecule has 0 aliphatic carbocycles. The van der Waals surface area contributed by atoms with Crippen molar-refractivity contribution in [1.82, 2.24) is 0 Å². The number of nitrogens with zero attached hydrogens (tertiary/aromatic N) is 2. The van der Waals surface area contributed by atoms with Gasteiger partial charge >= 0.3 is 0 Å². The molecule has 0 radical (unpaired) electrons. The van der Waals surface area contributed by atoms with Crippen molar-refractivity contribution < 1.29 is 0 Å². The number of rotatable bonds is 26. The van der Waals surface area contributed by atoms with Gasteiger partial charge in [0.15, 0.2) is 0 Å². The predicted molar refractivity (Wildman–Crippen MR) is 140 cm³/mol. The summed E-state index contributed by atoms with van der Waals surface area (Å²) in [5.74, 6) is 0. The summed E-state index contributed by atoms with van der Waals surface area (Å²) in [6.45, 7) is 4.14. The molecular formula is C30H54N2. The molecule has 0 bridgehead atoms. The highest BCUT2D eigenvalue weighted by molar-refractivity contribution is 4.94. The topological polar surface area (TPSA) is 47.6 Å². The third-order valence-corrected chi connectivity index (χ3v) is 6.64. The number of allylic oxidation sites excluding steroid dienone is 1. The molecule has 32 heavy (non-hydrogen) atoms. The lowest BCUT2D eigenvalue weighted by molar-refractivity contribution is 0.519. The van der Waals surface area contributed by atoms with Crippen LogP contribution >= 0.6 is 0 Å². The van der Waals surface area contributed by atoms with Crippen molar-refractivity contribution in [3.8, 4) is 12.1 Å². The number of unbranched alkanes of at least 4 members (excludes halogenated alkanes) is 22. The van der Waals surface area contributed by atoms with Gasteiger partial charge in [-0.3, -0.25) is 0 Å². The van der Waals surface area contributed by atoms with E-state index in [9.17, 15) is 0 Å². The van der Waals surface area contributed by atoms with Crippen LogP contribution in [-0.2, 0) is 0 Å². The molecule has 0 atom stereocenters. The summed E-state index contributed by atoms with van der Waals surface area (Å²) in [7, 11) is 0. The molecule has 0 aromatic rings. The van der Waals surface area contributed by atoms with Gasteiger partial charge in [0, 0.05) is 12.8 Å². The van der Waals surface area contributed by atoms with Gasteiger partial charge in [-0.1, -0.05) is 134 Å². The summed E-state index contributed by atoms with van der Waals surface area (Å²) in [5.41, 5.74) is 1.34. The Morgan fingerprint density at radius 3 is 0.969 bits per heavy atom. The normalized spacial score (nSPS) is 10.7. The molecule has 184 valence electrons. The Morgan fingerprint density at radius 1 is 0.375 bits per heavy atom. The fourth-order valence-corrected chi connectivity index (χ4v) is 4.48. The van der Waals surface area contributed by atoms with E-state index in [0.29, 0.717) is 6.42 Å². The molecule has 0 unspecified atom stereocenters. The quantitative estimate of drug-likeness (QED) is 0.0987. The van der Waals surface area contributed by atoms with Crippen LogP contribution in [0.3, 0.4) is 0 Å². The van der Waals surface area contributed by atoms with Crippen molar-refractivity contribution in [2.75, 3.05) is 0 Å². The SMILES string of the molecule is C=C(CCCC#N)CCCCCCCCCCCCCCCCCCCCCCCC#N. The monoisotopic (exact) mass is 442 g/mol. The van der Waals surface area contributed by atoms with Crippen LogP contribution in [0.4, 0.5) is 0 Å². The van der Waals surface area contributed by atoms with Crippen LogP contribution < -0.4 is 0 Å². The molecule has 0 aliphatic heterocycles. The van der Waals surface area contributed by atoms with Crippen molar-refractivity contribution >= 4 is 0 Å². The van der Waals surface area contributed by atoms with Gasteiger partial charge in [-0.15, -0.1) is 0 Å². The van der Waals surface area contributed by atoms with E-state index in [1.807, 2.05) is 0 Å². The first-order valence-electron chi connectivity index (χ1n) is 14.2. The van der Waals surface area contributed by atoms with E-state index in [-0.39, 0.29) is 0 Å². The zero-order valence-corrected chi connectivity index (χ0v) is 21.5. The summed E-state index contributed by atoms with van der Waals surface area (Å²) in [5, 5.41) is 17.1. The first-order chi connectivity index (χ1) is 15.8. The molecule has 0 spiro atoms. The lowest BCUT2D eigenvalue weighted by Crippen LogP contribution is -1.86. The molecular weight excluding hydrogens is 388 g/mol. The maximum atomic E-state index is 8.56. The van der Waals surface area contributed by atoms with Gasteiger partial charge in [-0.05, 0) is 32.1 Å². The fourth-order valence-electron chi connectivity index (χ4n) is 4.48. The van der Waals surface area contributed by atoms with E-state index in [4.69, 9.17) is 10.5 Å². The molecule has 0 saturated carbocycles. The van der Waals surface area contributed by atoms with Crippen LogP contribution in [0, 0.1) is 22.7 Å². The molecule has 2 heteroatoms. The van der Waals surface area contributed by atoms with Crippen LogP contribution in [-0.4, -0.2) is 0 Å². The first kappa shape index (κ1) is 30.7. The fraction of sp³-hybridized carbons (Fsp3) is 0.867. The van der Waals surface area contributed by atoms with E-state index >= 15 is 0 Å². The maximum absolute atomic E-state index is 8.56. The third-order valence-electron chi connectivity index (χ3n) is 6.64. The van der Waals surface area contributed by atoms with Gasteiger partial charge in [0.1, 0.15) is 0 Å². The van der Waals surface area contributed by atoms with Crippen LogP contribution in [0.1, 0.15) is 167 Å². The minimum absolute atomic E-state index is 0.673. The van der Waals surface area contributed by atoms with Gasteiger partial charge < -0.3 is 0 Å². The second kappa shape index (κ2) is 27.8. The molecule has 0 N–H and O–H groups in total. The molecule has 2 nitrogen and oxygen atoms in total. The van der Waals surface area contributed by atoms with Crippen molar-refractivity contribution in [3.63, 3.8) is 0 Å². The molecule has 0 heterocycles. The summed E-state index contributed by atoms with van der Waals surface area (Å²) in [4.78, 5) is 0. The average Bonchev–Trinajstić information content (AvgIpc) is 2.79. The summed E-state index contributed by atoms with van der Waals surface area (Å²) in [6.07, 6.45) is 33.7. The zero-order chi connectivity index (χ0) is 23.4. The highest BCUT2D eigenvalue weighted by Gasteiger charge is 1.98. The first-order valence-corrected chi connectivity index (χ1v) is 14.2. The Kier molecular flexibility index (Phi) is 26.6. The summed E-state index contributed by atoms with van der Waals surface area (Å²) < 4.78 is 0. The summed E-state index contributed by atoms with van der Waals surface area (Å²) in [6, 6.07) is 4.44. The van der Waals surface area contributed by atoms with E-state index < -0.39 is 0 Å². The number of nitriles is 2. The number of hydrogen-bond donors (Lipinski definition) is 0. The molecule has 0 saturated heterocycles. The highest BCUT2D eigenvalue weighted by atomic mass is 14.2. The summed E-state index contributed by atoms with van der Waals surface area (Å²) >= 11 is 0. The second-order valence-corrected chi connectivity index (χ2v) is 9.84. The van der Waals surface area contributed by atoms with E-state index in [2.05, 4.69) is 18.7 Å². The lowest BCUT2D eigenvalue weighted by atomic mass is 10.0. The van der Waals surface area contributed by atoms with Crippen LogP contribution in [0.15, 0.2) is 12.2 Å². The molecule has 0 aromatic heterocycles. The third kappa shape index (κ3) is 26.8. The maximum Gasteiger partial charge on any atom is 0.0621 e. The van der Waals surface area contributed by atoms with E-state index in [1.54, 1.807) is 0 Å². The van der Waals surface area contributed by atoms with E-state index in [0.717, 1.165) is 32.1 Å². The second-order valence-electron chi connectivity index (χ2n) is 9.84. The molecule has 0 aliphatic rings. The minimum atomic E-state index is 0.673. The molecule has 0 amide bonds. The zero-order valence-electron chi connectivity index (χ0n) is 21.5. The Hall–Kier alpha value is -1.28. The minimum Gasteiger partial charge on any atom is -0.198 e. The van der Waals surface area contributed by atoms with Crippen molar-refractivity contribution in [1.29, 1.82) is 10.5 Å². The van der Waals surface area contributed by atoms with Crippen LogP contribution in [0.25, 0.3) is 0 Å². The molecule has 0 aromatic carbocycles. The standard InChI is InChI=1S/C30H54N2/c1-30(27-23-25-29-32)26-22-20-18-16-14-12-10-8-6-4-2-3-5-7-9-11-13-15-17-19-21-24-28-31/h1-27H2. The van der Waals surface area contributed by atoms with Crippen molar-refractivity contribution in [2.45, 2.75) is 167 Å². The van der Waals surface area contributed by atoms with Gasteiger partial charge in [0.05, 0.1) is 12.1 Å². The van der Waals surface area contributed by atoms with Gasteiger partial charge in [-0.25, -0.2) is 0 Å². The Balaban J connectivity index is 3.07. The smallest absolute Gasteiger partial charge is 0.0621 e. The van der Waals surface area contributed by atoms with Crippen molar-refractivity contribution in [3.05, 3.63) is 12.2 Å². The van der Waals surface area contributed by atoms with Crippen LogP contribution in [0.5, 0.6) is 0 Å². The molecule has 0 rings (SSSR count). The van der Waals surface area contributed by atoms with Gasteiger partial charge in [-0.2, -0.15) is 10.5 Å². The van der Waals surface area contributed by atoms with E-state index in [1.165, 1.54) is 134 Å². The van der Waals surface area contributed by atoms with Crippen LogP contribution in [0.2, 0.25) is 0 Å². The van der Waals surface area contributed by atoms with Crippen molar-refractivity contribution in [2.24, 2.45) is 0 Å². The van der Waals surface area contributed by atoms with Gasteiger partial charge in [0.2, 0.25) is 0 Å². The Labute approximate surface area is 201 Å². The Bertz CT molecular complexity index is 468. The number of hydrogen-bond acceptors (Lipinski definition) is 2. The predicted octanol–water partition coefficient (Wildman–Crippen LogP) is 10.7. The van der Waals surface area contributed by atoms with Gasteiger partial charge in [0.25, 0.3) is 0 Å². The molecule has 0 fully saturated rings.